The van der Waals surface area contributed by atoms with E-state index in [4.69, 9.17) is 66.0 Å². The van der Waals surface area contributed by atoms with Crippen LogP contribution < -0.4 is 62.9 Å². The van der Waals surface area contributed by atoms with Crippen molar-refractivity contribution in [3.8, 4) is 0 Å². The summed E-state index contributed by atoms with van der Waals surface area (Å²) in [6.45, 7) is 4.08. The van der Waals surface area contributed by atoms with Gasteiger partial charge in [-0.05, 0) is 108 Å². The molecule has 3 saturated carbocycles. The SMILES string of the molecule is C.CC(O)C(=O)O.CC(O)C(=O)OC1CCCC(N)(c2ccccc2Cl)C1=O.CC(O)C1=NC2(c3ccccc3Cl)CCCC(O1)C2=O.NC1(c2ccccc2Cl)CCCC(O)C1=O.O.[K+].[NH2-]. The van der Waals surface area contributed by atoms with Gasteiger partial charge in [-0.15, -0.1) is 0 Å². The number of Topliss-reactive ketones (excluding diaryl/α,β-unsaturated/α-hetero) is 3. The minimum Gasteiger partial charge on any atom is -0.693 e. The number of aliphatic hydroxyl groups excluding tert-OH is 4. The summed E-state index contributed by atoms with van der Waals surface area (Å²) in [5, 5.41) is 45.7. The van der Waals surface area contributed by atoms with E-state index in [1.54, 1.807) is 61.5 Å². The van der Waals surface area contributed by atoms with Gasteiger partial charge in [0.05, 0.1) is 0 Å². The first kappa shape index (κ1) is 64.3. The van der Waals surface area contributed by atoms with Crippen LogP contribution in [-0.2, 0) is 50.1 Å². The summed E-state index contributed by atoms with van der Waals surface area (Å²) in [5.74, 6) is -2.54. The number of aliphatic imine (C=N–C) groups is 1. The fourth-order valence-corrected chi connectivity index (χ4v) is 8.63. The predicted molar refractivity (Wildman–Crippen MR) is 251 cm³/mol. The Bertz CT molecular complexity index is 2180. The molecule has 17 nitrogen and oxygen atoms in total. The number of rotatable bonds is 7. The second kappa shape index (κ2) is 28.2. The number of halogens is 3. The standard InChI is InChI=1S/C15H18ClNO4.C15H16ClNO3.C12H14ClNO2.C3H6O3.CH4.K.H2N.H2O/c1-9(18)14(20)21-12-7-4-8-15(17,13(12)19)10-5-2-3-6-11(10)16;1-9(18)14-17-15(10-5-2-3-6-11(10)16)8-4-7-12(20-14)13(15)19;13-9-5-2-1-4-8(9)12(14)7-3-6-10(15)11(12)16;1-2(4)3(5)6;;;;/h2-3,5-6,9,12,18H,4,7-8,17H2,1H3;2-3,5-6,9,12,18H,4,7-8H2,1H3;1-2,4-5,10,15H,3,6-7,14H2;2,4H,1H3,(H,5,6);1H4;;2*1H2/q;;;;;+1;-1;. The third kappa shape index (κ3) is 15.4. The van der Waals surface area contributed by atoms with E-state index in [2.05, 4.69) is 4.99 Å². The van der Waals surface area contributed by atoms with Crippen molar-refractivity contribution in [2.45, 2.75) is 139 Å². The molecule has 0 spiro atoms. The molecule has 9 unspecified atom stereocenters. The van der Waals surface area contributed by atoms with E-state index in [0.717, 1.165) is 12.8 Å². The van der Waals surface area contributed by atoms with Gasteiger partial charge in [-0.3, -0.25) is 14.4 Å². The summed E-state index contributed by atoms with van der Waals surface area (Å²) in [6.07, 6.45) is -0.420. The van der Waals surface area contributed by atoms with E-state index < -0.39 is 65.2 Å². The quantitative estimate of drug-likeness (QED) is 0.132. The number of ketones is 3. The number of nitrogens with two attached hydrogens (primary N) is 3. The molecule has 13 N–H and O–H groups in total. The third-order valence-corrected chi connectivity index (χ3v) is 12.2. The number of ether oxygens (including phenoxy) is 2. The molecule has 0 amide bonds. The molecule has 1 heterocycles. The molecular formula is C46H62Cl3KN4O13. The Morgan fingerprint density at radius 1 is 0.716 bits per heavy atom. The molecular weight excluding hydrogens is 962 g/mol. The molecule has 3 aliphatic carbocycles. The van der Waals surface area contributed by atoms with Crippen LogP contribution in [0.2, 0.25) is 15.1 Å². The van der Waals surface area contributed by atoms with Crippen LogP contribution in [-0.4, -0.2) is 103 Å². The van der Waals surface area contributed by atoms with Crippen LogP contribution in [0, 0.1) is 0 Å². The van der Waals surface area contributed by atoms with E-state index in [-0.39, 0.29) is 93.7 Å². The van der Waals surface area contributed by atoms with Crippen molar-refractivity contribution in [2.24, 2.45) is 16.5 Å². The summed E-state index contributed by atoms with van der Waals surface area (Å²) in [6, 6.07) is 21.2. The Morgan fingerprint density at radius 2 is 1.13 bits per heavy atom. The van der Waals surface area contributed by atoms with Gasteiger partial charge in [0.1, 0.15) is 35.5 Å². The van der Waals surface area contributed by atoms with Gasteiger partial charge in [0, 0.05) is 20.6 Å². The van der Waals surface area contributed by atoms with E-state index >= 15 is 0 Å². The van der Waals surface area contributed by atoms with E-state index in [1.165, 1.54) is 13.8 Å². The summed E-state index contributed by atoms with van der Waals surface area (Å²) in [5.41, 5.74) is 10.9. The number of benzene rings is 3. The van der Waals surface area contributed by atoms with E-state index in [9.17, 15) is 39.3 Å². The number of hydrogen-bond donors (Lipinski definition) is 7. The molecule has 2 bridgehead atoms. The number of aliphatic carboxylic acids is 1. The third-order valence-electron chi connectivity index (χ3n) is 11.2. The van der Waals surface area contributed by atoms with Gasteiger partial charge in [0.15, 0.2) is 29.3 Å². The summed E-state index contributed by atoms with van der Waals surface area (Å²) >= 11 is 18.4. The first-order valence-electron chi connectivity index (χ1n) is 20.5. The van der Waals surface area contributed by atoms with Crippen molar-refractivity contribution in [2.75, 3.05) is 0 Å². The first-order valence-corrected chi connectivity index (χ1v) is 21.6. The van der Waals surface area contributed by atoms with Gasteiger partial charge in [0.25, 0.3) is 0 Å². The monoisotopic (exact) mass is 1020 g/mol. The summed E-state index contributed by atoms with van der Waals surface area (Å²) in [7, 11) is 0. The number of fused-ring (bicyclic) bond motifs is 2. The minimum absolute atomic E-state index is 0. The maximum atomic E-state index is 12.7. The average molecular weight is 1020 g/mol. The van der Waals surface area contributed by atoms with Gasteiger partial charge >= 0.3 is 63.3 Å². The van der Waals surface area contributed by atoms with Gasteiger partial charge in [0.2, 0.25) is 11.7 Å². The number of aliphatic hydroxyl groups is 4. The van der Waals surface area contributed by atoms with E-state index in [1.807, 2.05) is 18.2 Å². The number of carboxylic acid groups (broad SMARTS) is 1. The maximum absolute atomic E-state index is 12.7. The Balaban J connectivity index is 0.000000899. The Kier molecular flexibility index (Phi) is 27.0. The van der Waals surface area contributed by atoms with Gasteiger partial charge < -0.3 is 58.1 Å². The zero-order valence-corrected chi connectivity index (χ0v) is 42.6. The van der Waals surface area contributed by atoms with Crippen LogP contribution in [0.5, 0.6) is 0 Å². The van der Waals surface area contributed by atoms with Crippen molar-refractivity contribution < 1.29 is 116 Å². The molecule has 3 aromatic rings. The van der Waals surface area contributed by atoms with Crippen LogP contribution >= 0.6 is 34.8 Å². The zero-order valence-electron chi connectivity index (χ0n) is 37.2. The van der Waals surface area contributed by atoms with Crippen LogP contribution in [0.1, 0.15) is 103 Å². The summed E-state index contributed by atoms with van der Waals surface area (Å²) < 4.78 is 10.6. The van der Waals surface area contributed by atoms with Crippen LogP contribution in [0.4, 0.5) is 0 Å². The maximum Gasteiger partial charge on any atom is 1.00 e. The number of carboxylic acids is 1. The van der Waals surface area contributed by atoms with E-state index in [0.29, 0.717) is 76.7 Å². The second-order valence-corrected chi connectivity index (χ2v) is 17.1. The van der Waals surface area contributed by atoms with Crippen LogP contribution in [0.25, 0.3) is 6.15 Å². The van der Waals surface area contributed by atoms with Crippen molar-refractivity contribution in [3.05, 3.63) is 111 Å². The molecule has 7 rings (SSSR count). The Labute approximate surface area is 448 Å². The average Bonchev–Trinajstić information content (AvgIpc) is 3.23. The summed E-state index contributed by atoms with van der Waals surface area (Å²) in [4.78, 5) is 62.6. The molecule has 21 heteroatoms. The molecule has 0 aromatic heterocycles. The van der Waals surface area contributed by atoms with Gasteiger partial charge in [-0.25, -0.2) is 14.6 Å². The molecule has 67 heavy (non-hydrogen) atoms. The molecule has 3 fully saturated rings. The smallest absolute Gasteiger partial charge is 0.693 e. The number of nitrogens with zero attached hydrogens (tertiary/aromatic N) is 1. The largest absolute Gasteiger partial charge is 1.00 e. The molecule has 3 aromatic carbocycles. The topological polar surface area (TPSA) is 334 Å². The molecule has 366 valence electrons. The number of carbonyl (C=O) groups excluding carboxylic acids is 4. The molecule has 9 atom stereocenters. The fraction of sp³-hybridized carbons (Fsp3) is 0.478. The normalized spacial score (nSPS) is 26.1. The van der Waals surface area contributed by atoms with Crippen LogP contribution in [0.15, 0.2) is 77.8 Å². The molecule has 4 aliphatic rings. The first-order chi connectivity index (χ1) is 29.6. The Hall–Kier alpha value is -2.73. The minimum atomic E-state index is -1.27. The molecule has 0 radical (unpaired) electrons. The molecule has 0 saturated heterocycles. The zero-order chi connectivity index (χ0) is 46.9. The van der Waals surface area contributed by atoms with Gasteiger partial charge in [-0.1, -0.05) is 96.8 Å². The number of hydrogen-bond acceptors (Lipinski definition) is 14. The Morgan fingerprint density at radius 3 is 1.57 bits per heavy atom. The molecule has 1 aliphatic heterocycles. The number of carbonyl (C=O) groups is 5. The van der Waals surface area contributed by atoms with Crippen molar-refractivity contribution >= 4 is 70.0 Å². The number of esters is 1. The van der Waals surface area contributed by atoms with Crippen LogP contribution in [0.3, 0.4) is 0 Å². The van der Waals surface area contributed by atoms with Crippen molar-refractivity contribution in [1.29, 1.82) is 0 Å². The predicted octanol–water partition coefficient (Wildman–Crippen LogP) is 2.60. The fourth-order valence-electron chi connectivity index (χ4n) is 7.73. The van der Waals surface area contributed by atoms with Crippen molar-refractivity contribution in [3.63, 3.8) is 0 Å². The van der Waals surface area contributed by atoms with Crippen molar-refractivity contribution in [1.82, 2.24) is 0 Å². The second-order valence-electron chi connectivity index (χ2n) is 15.9. The van der Waals surface area contributed by atoms with Gasteiger partial charge in [-0.2, -0.15) is 0 Å².